The first-order valence-corrected chi connectivity index (χ1v) is 9.20. The molecule has 2 rings (SSSR count). The number of anilines is 1. The van der Waals surface area contributed by atoms with Crippen molar-refractivity contribution in [3.63, 3.8) is 0 Å². The van der Waals surface area contributed by atoms with Crippen LogP contribution in [-0.2, 0) is 16.1 Å². The van der Waals surface area contributed by atoms with Gasteiger partial charge in [0.2, 0.25) is 0 Å². The molecule has 10 heteroatoms. The van der Waals surface area contributed by atoms with E-state index in [1.807, 2.05) is 13.0 Å². The van der Waals surface area contributed by atoms with Crippen LogP contribution in [0.2, 0.25) is 4.34 Å². The number of non-ortho nitro benzene ring substituents is 1. The van der Waals surface area contributed by atoms with E-state index >= 15 is 0 Å². The van der Waals surface area contributed by atoms with Crippen LogP contribution in [0.5, 0.6) is 0 Å². The Labute approximate surface area is 164 Å². The third kappa shape index (κ3) is 5.41. The van der Waals surface area contributed by atoms with Gasteiger partial charge >= 0.3 is 5.97 Å². The minimum atomic E-state index is -0.813. The van der Waals surface area contributed by atoms with Crippen LogP contribution >= 0.6 is 22.9 Å². The number of likely N-dealkylation sites (N-methyl/N-ethyl adjacent to an activating group) is 1. The van der Waals surface area contributed by atoms with E-state index in [0.717, 1.165) is 10.9 Å². The van der Waals surface area contributed by atoms with E-state index in [1.54, 1.807) is 13.1 Å². The minimum absolute atomic E-state index is 0.00686. The van der Waals surface area contributed by atoms with Crippen molar-refractivity contribution in [1.82, 2.24) is 4.90 Å². The van der Waals surface area contributed by atoms with E-state index in [2.05, 4.69) is 5.32 Å². The zero-order chi connectivity index (χ0) is 20.0. The van der Waals surface area contributed by atoms with Crippen LogP contribution in [0.25, 0.3) is 0 Å². The fourth-order valence-corrected chi connectivity index (χ4v) is 3.43. The predicted molar refractivity (Wildman–Crippen MR) is 103 cm³/mol. The van der Waals surface area contributed by atoms with E-state index < -0.39 is 17.5 Å². The lowest BCUT2D eigenvalue weighted by Crippen LogP contribution is -2.33. The van der Waals surface area contributed by atoms with Gasteiger partial charge in [-0.2, -0.15) is 0 Å². The quantitative estimate of drug-likeness (QED) is 0.405. The standard InChI is InChI=1S/C17H18ClN3O5S/c1-3-20(9-12-5-7-15(18)27-12)16(22)10-26-17(23)13-8-11(21(24)25)4-6-14(13)19-2/h4-8,19H,3,9-10H2,1-2H3. The molecule has 0 spiro atoms. The van der Waals surface area contributed by atoms with Gasteiger partial charge in [0.05, 0.1) is 21.4 Å². The Morgan fingerprint density at radius 3 is 2.63 bits per heavy atom. The maximum absolute atomic E-state index is 12.3. The summed E-state index contributed by atoms with van der Waals surface area (Å²) >= 11 is 7.26. The molecule has 1 aromatic heterocycles. The number of ether oxygens (including phenoxy) is 1. The van der Waals surface area contributed by atoms with Crippen molar-refractivity contribution in [3.8, 4) is 0 Å². The fraction of sp³-hybridized carbons (Fsp3) is 0.294. The molecule has 0 fully saturated rings. The van der Waals surface area contributed by atoms with Gasteiger partial charge in [0.25, 0.3) is 11.6 Å². The molecule has 0 radical (unpaired) electrons. The van der Waals surface area contributed by atoms with Crippen LogP contribution in [0.1, 0.15) is 22.2 Å². The van der Waals surface area contributed by atoms with Gasteiger partial charge < -0.3 is 15.0 Å². The van der Waals surface area contributed by atoms with Crippen LogP contribution in [-0.4, -0.2) is 41.9 Å². The number of thiophene rings is 1. The number of rotatable bonds is 8. The molecular formula is C17H18ClN3O5S. The van der Waals surface area contributed by atoms with Crippen molar-refractivity contribution in [1.29, 1.82) is 0 Å². The third-order valence-corrected chi connectivity index (χ3v) is 4.96. The minimum Gasteiger partial charge on any atom is -0.452 e. The van der Waals surface area contributed by atoms with E-state index in [1.165, 1.54) is 28.4 Å². The maximum atomic E-state index is 12.3. The number of nitro benzene ring substituents is 1. The SMILES string of the molecule is CCN(Cc1ccc(Cl)s1)C(=O)COC(=O)c1cc([N+](=O)[O-])ccc1NC. The Morgan fingerprint density at radius 2 is 2.07 bits per heavy atom. The van der Waals surface area contributed by atoms with Gasteiger partial charge in [-0.3, -0.25) is 14.9 Å². The van der Waals surface area contributed by atoms with Gasteiger partial charge in [-0.05, 0) is 25.1 Å². The molecule has 1 N–H and O–H groups in total. The zero-order valence-corrected chi connectivity index (χ0v) is 16.3. The van der Waals surface area contributed by atoms with E-state index in [0.29, 0.717) is 23.1 Å². The molecule has 27 heavy (non-hydrogen) atoms. The number of carbonyl (C=O) groups is 2. The van der Waals surface area contributed by atoms with Crippen molar-refractivity contribution in [2.75, 3.05) is 25.5 Å². The molecule has 0 saturated carbocycles. The van der Waals surface area contributed by atoms with Gasteiger partial charge in [-0.15, -0.1) is 11.3 Å². The molecule has 1 amide bonds. The van der Waals surface area contributed by atoms with Crippen LogP contribution in [0.4, 0.5) is 11.4 Å². The van der Waals surface area contributed by atoms with Crippen LogP contribution in [0.15, 0.2) is 30.3 Å². The summed E-state index contributed by atoms with van der Waals surface area (Å²) in [4.78, 5) is 37.4. The highest BCUT2D eigenvalue weighted by Crippen LogP contribution is 2.24. The fourth-order valence-electron chi connectivity index (χ4n) is 2.33. The number of amides is 1. The van der Waals surface area contributed by atoms with Crippen molar-refractivity contribution in [2.45, 2.75) is 13.5 Å². The molecule has 8 nitrogen and oxygen atoms in total. The van der Waals surface area contributed by atoms with Crippen LogP contribution < -0.4 is 5.32 Å². The largest absolute Gasteiger partial charge is 0.452 e. The molecule has 0 atom stereocenters. The second-order valence-corrected chi connectivity index (χ2v) is 7.23. The van der Waals surface area contributed by atoms with Gasteiger partial charge in [-0.25, -0.2) is 4.79 Å². The third-order valence-electron chi connectivity index (χ3n) is 3.74. The number of benzene rings is 1. The van der Waals surface area contributed by atoms with Crippen LogP contribution in [0, 0.1) is 10.1 Å². The summed E-state index contributed by atoms with van der Waals surface area (Å²) in [5.41, 5.74) is 0.128. The Bertz CT molecular complexity index is 855. The Balaban J connectivity index is 2.04. The number of nitrogens with zero attached hydrogens (tertiary/aromatic N) is 2. The van der Waals surface area contributed by atoms with Gasteiger partial charge in [0, 0.05) is 36.3 Å². The van der Waals surface area contributed by atoms with Gasteiger partial charge in [-0.1, -0.05) is 11.6 Å². The molecule has 0 aliphatic carbocycles. The number of halogens is 1. The first kappa shape index (κ1) is 20.7. The molecular weight excluding hydrogens is 394 g/mol. The van der Waals surface area contributed by atoms with Crippen molar-refractivity contribution < 1.29 is 19.2 Å². The topological polar surface area (TPSA) is 102 Å². The second kappa shape index (κ2) is 9.33. The van der Waals surface area contributed by atoms with Gasteiger partial charge in [0.1, 0.15) is 0 Å². The number of esters is 1. The molecule has 0 saturated heterocycles. The summed E-state index contributed by atoms with van der Waals surface area (Å²) in [6, 6.07) is 7.39. The molecule has 144 valence electrons. The Morgan fingerprint density at radius 1 is 1.33 bits per heavy atom. The van der Waals surface area contributed by atoms with Gasteiger partial charge in [0.15, 0.2) is 6.61 Å². The molecule has 1 heterocycles. The summed E-state index contributed by atoms with van der Waals surface area (Å²) in [5.74, 6) is -1.18. The van der Waals surface area contributed by atoms with E-state index in [-0.39, 0.29) is 17.2 Å². The summed E-state index contributed by atoms with van der Waals surface area (Å²) in [6.07, 6.45) is 0. The smallest absolute Gasteiger partial charge is 0.341 e. The highest BCUT2D eigenvalue weighted by Gasteiger charge is 2.20. The number of nitrogens with one attached hydrogen (secondary N) is 1. The van der Waals surface area contributed by atoms with Crippen molar-refractivity contribution in [2.24, 2.45) is 0 Å². The number of carbonyl (C=O) groups excluding carboxylic acids is 2. The second-order valence-electron chi connectivity index (χ2n) is 5.43. The molecule has 0 aliphatic heterocycles. The lowest BCUT2D eigenvalue weighted by atomic mass is 10.1. The number of nitro groups is 1. The number of hydrogen-bond donors (Lipinski definition) is 1. The summed E-state index contributed by atoms with van der Waals surface area (Å²) in [5, 5.41) is 13.7. The monoisotopic (exact) mass is 411 g/mol. The molecule has 0 unspecified atom stereocenters. The highest BCUT2D eigenvalue weighted by atomic mass is 35.5. The predicted octanol–water partition coefficient (Wildman–Crippen LogP) is 3.56. The molecule has 2 aromatic rings. The molecule has 0 aliphatic rings. The first-order chi connectivity index (χ1) is 12.8. The Hall–Kier alpha value is -2.65. The van der Waals surface area contributed by atoms with Crippen LogP contribution in [0.3, 0.4) is 0 Å². The summed E-state index contributed by atoms with van der Waals surface area (Å²) in [6.45, 7) is 2.15. The Kier molecular flexibility index (Phi) is 7.14. The van der Waals surface area contributed by atoms with Crippen molar-refractivity contribution in [3.05, 3.63) is 55.2 Å². The normalized spacial score (nSPS) is 10.3. The zero-order valence-electron chi connectivity index (χ0n) is 14.7. The molecule has 1 aromatic carbocycles. The maximum Gasteiger partial charge on any atom is 0.341 e. The van der Waals surface area contributed by atoms with Crippen molar-refractivity contribution >= 4 is 46.2 Å². The number of hydrogen-bond acceptors (Lipinski definition) is 7. The highest BCUT2D eigenvalue weighted by molar-refractivity contribution is 7.16. The summed E-state index contributed by atoms with van der Waals surface area (Å²) < 4.78 is 5.71. The average molecular weight is 412 g/mol. The molecule has 0 bridgehead atoms. The lowest BCUT2D eigenvalue weighted by molar-refractivity contribution is -0.384. The van der Waals surface area contributed by atoms with E-state index in [9.17, 15) is 19.7 Å². The van der Waals surface area contributed by atoms with E-state index in [4.69, 9.17) is 16.3 Å². The average Bonchev–Trinajstić information content (AvgIpc) is 3.08. The lowest BCUT2D eigenvalue weighted by Gasteiger charge is -2.20. The summed E-state index contributed by atoms with van der Waals surface area (Å²) in [7, 11) is 1.58. The first-order valence-electron chi connectivity index (χ1n) is 8.01.